The van der Waals surface area contributed by atoms with Gasteiger partial charge in [0.15, 0.2) is 0 Å². The molecule has 0 bridgehead atoms. The van der Waals surface area contributed by atoms with Crippen molar-refractivity contribution in [3.8, 4) is 0 Å². The third-order valence-corrected chi connectivity index (χ3v) is 4.94. The first-order valence-electron chi connectivity index (χ1n) is 10.3. The summed E-state index contributed by atoms with van der Waals surface area (Å²) < 4.78 is 14.2. The zero-order valence-corrected chi connectivity index (χ0v) is 18.8. The van der Waals surface area contributed by atoms with Gasteiger partial charge < -0.3 is 28.9 Å². The van der Waals surface area contributed by atoms with Crippen LogP contribution in [0.15, 0.2) is 0 Å². The van der Waals surface area contributed by atoms with Gasteiger partial charge in [-0.3, -0.25) is 14.4 Å². The standard InChI is InChI=1S/C20H39N3O6/c1-6-21(7-2)14-15-23(13-10-20(26)29-5)17-16-22(11-8-18(24)27-3)12-9-19(25)28-4/h6-17H2,1-5H3. The maximum atomic E-state index is 11.6. The van der Waals surface area contributed by atoms with Crippen molar-refractivity contribution in [3.05, 3.63) is 0 Å². The summed E-state index contributed by atoms with van der Waals surface area (Å²) in [6.07, 6.45) is 0.859. The van der Waals surface area contributed by atoms with Crippen molar-refractivity contribution in [3.63, 3.8) is 0 Å². The van der Waals surface area contributed by atoms with Gasteiger partial charge in [-0.25, -0.2) is 0 Å². The number of likely N-dealkylation sites (N-methyl/N-ethyl adjacent to an activating group) is 1. The van der Waals surface area contributed by atoms with Gasteiger partial charge in [0, 0.05) is 45.8 Å². The van der Waals surface area contributed by atoms with Crippen molar-refractivity contribution in [1.29, 1.82) is 0 Å². The Bertz CT molecular complexity index is 451. The molecular formula is C20H39N3O6. The highest BCUT2D eigenvalue weighted by molar-refractivity contribution is 5.70. The summed E-state index contributed by atoms with van der Waals surface area (Å²) in [7, 11) is 4.12. The van der Waals surface area contributed by atoms with Gasteiger partial charge in [-0.1, -0.05) is 13.8 Å². The quantitative estimate of drug-likeness (QED) is 0.250. The number of hydrogen-bond donors (Lipinski definition) is 0. The molecule has 0 saturated carbocycles. The van der Waals surface area contributed by atoms with Crippen LogP contribution in [0.5, 0.6) is 0 Å². The third-order valence-electron chi connectivity index (χ3n) is 4.94. The molecule has 9 nitrogen and oxygen atoms in total. The Morgan fingerprint density at radius 1 is 0.517 bits per heavy atom. The van der Waals surface area contributed by atoms with Crippen LogP contribution in [0.2, 0.25) is 0 Å². The van der Waals surface area contributed by atoms with E-state index in [2.05, 4.69) is 28.5 Å². The van der Waals surface area contributed by atoms with Crippen LogP contribution >= 0.6 is 0 Å². The number of methoxy groups -OCH3 is 3. The summed E-state index contributed by atoms with van der Waals surface area (Å²) in [5.74, 6) is -0.791. The van der Waals surface area contributed by atoms with E-state index < -0.39 is 0 Å². The Hall–Kier alpha value is -1.71. The molecule has 0 saturated heterocycles. The summed E-state index contributed by atoms with van der Waals surface area (Å²) in [5.41, 5.74) is 0. The number of carbonyl (C=O) groups is 3. The van der Waals surface area contributed by atoms with Gasteiger partial charge in [-0.2, -0.15) is 0 Å². The topological polar surface area (TPSA) is 88.6 Å². The lowest BCUT2D eigenvalue weighted by atomic mass is 10.3. The molecule has 0 N–H and O–H groups in total. The fourth-order valence-corrected chi connectivity index (χ4v) is 2.83. The number of ether oxygens (including phenoxy) is 3. The molecule has 0 spiro atoms. The second-order valence-corrected chi connectivity index (χ2v) is 6.69. The Labute approximate surface area is 175 Å². The third kappa shape index (κ3) is 14.0. The number of esters is 3. The van der Waals surface area contributed by atoms with Crippen LogP contribution in [-0.2, 0) is 28.6 Å². The van der Waals surface area contributed by atoms with E-state index in [1.54, 1.807) is 0 Å². The molecule has 0 aliphatic carbocycles. The van der Waals surface area contributed by atoms with E-state index in [4.69, 9.17) is 14.2 Å². The lowest BCUT2D eigenvalue weighted by molar-refractivity contribution is -0.142. The zero-order valence-electron chi connectivity index (χ0n) is 18.8. The summed E-state index contributed by atoms with van der Waals surface area (Å²) in [5, 5.41) is 0. The summed E-state index contributed by atoms with van der Waals surface area (Å²) in [4.78, 5) is 41.1. The van der Waals surface area contributed by atoms with Crippen molar-refractivity contribution in [2.75, 3.05) is 80.2 Å². The molecule has 0 aliphatic heterocycles. The molecule has 0 fully saturated rings. The molecular weight excluding hydrogens is 378 g/mol. The average Bonchev–Trinajstić information content (AvgIpc) is 2.75. The predicted octanol–water partition coefficient (Wildman–Crippen LogP) is 0.622. The van der Waals surface area contributed by atoms with Gasteiger partial charge in [0.05, 0.1) is 40.6 Å². The Balaban J connectivity index is 4.81. The van der Waals surface area contributed by atoms with Gasteiger partial charge >= 0.3 is 17.9 Å². The van der Waals surface area contributed by atoms with Crippen LogP contribution < -0.4 is 0 Å². The van der Waals surface area contributed by atoms with Crippen LogP contribution in [0.25, 0.3) is 0 Å². The molecule has 0 aromatic carbocycles. The lowest BCUT2D eigenvalue weighted by Crippen LogP contribution is -2.41. The van der Waals surface area contributed by atoms with Crippen LogP contribution in [0.1, 0.15) is 33.1 Å². The second-order valence-electron chi connectivity index (χ2n) is 6.69. The fourth-order valence-electron chi connectivity index (χ4n) is 2.83. The molecule has 0 aliphatic rings. The van der Waals surface area contributed by atoms with Crippen molar-refractivity contribution in [2.45, 2.75) is 33.1 Å². The normalized spacial score (nSPS) is 11.2. The molecule has 0 atom stereocenters. The van der Waals surface area contributed by atoms with Crippen molar-refractivity contribution >= 4 is 17.9 Å². The number of hydrogen-bond acceptors (Lipinski definition) is 9. The van der Waals surface area contributed by atoms with Crippen LogP contribution in [0.4, 0.5) is 0 Å². The number of nitrogens with zero attached hydrogens (tertiary/aromatic N) is 3. The molecule has 29 heavy (non-hydrogen) atoms. The zero-order chi connectivity index (χ0) is 22.1. The first-order chi connectivity index (χ1) is 13.9. The Morgan fingerprint density at radius 2 is 0.793 bits per heavy atom. The van der Waals surface area contributed by atoms with Gasteiger partial charge in [-0.15, -0.1) is 0 Å². The molecule has 9 heteroatoms. The first-order valence-corrected chi connectivity index (χ1v) is 10.3. The largest absolute Gasteiger partial charge is 0.469 e. The smallest absolute Gasteiger partial charge is 0.306 e. The van der Waals surface area contributed by atoms with E-state index in [9.17, 15) is 14.4 Å². The lowest BCUT2D eigenvalue weighted by Gasteiger charge is -2.29. The first kappa shape index (κ1) is 27.3. The van der Waals surface area contributed by atoms with E-state index in [1.807, 2.05) is 0 Å². The Morgan fingerprint density at radius 3 is 1.07 bits per heavy atom. The van der Waals surface area contributed by atoms with Crippen LogP contribution in [0.3, 0.4) is 0 Å². The van der Waals surface area contributed by atoms with E-state index >= 15 is 0 Å². The second kappa shape index (κ2) is 17.2. The monoisotopic (exact) mass is 417 g/mol. The minimum absolute atomic E-state index is 0.230. The molecule has 170 valence electrons. The minimum atomic E-state index is -0.280. The van der Waals surface area contributed by atoms with Crippen LogP contribution in [0, 0.1) is 0 Å². The minimum Gasteiger partial charge on any atom is -0.469 e. The van der Waals surface area contributed by atoms with E-state index in [0.29, 0.717) is 32.6 Å². The average molecular weight is 418 g/mol. The Kier molecular flexibility index (Phi) is 16.2. The van der Waals surface area contributed by atoms with Gasteiger partial charge in [0.25, 0.3) is 0 Å². The molecule has 0 radical (unpaired) electrons. The maximum absolute atomic E-state index is 11.6. The SMILES string of the molecule is CCN(CC)CCN(CCC(=O)OC)CCN(CCC(=O)OC)CCC(=O)OC. The van der Waals surface area contributed by atoms with Gasteiger partial charge in [-0.05, 0) is 13.1 Å². The maximum Gasteiger partial charge on any atom is 0.306 e. The highest BCUT2D eigenvalue weighted by Crippen LogP contribution is 2.01. The van der Waals surface area contributed by atoms with Gasteiger partial charge in [0.1, 0.15) is 0 Å². The number of rotatable bonds is 17. The highest BCUT2D eigenvalue weighted by Gasteiger charge is 2.15. The highest BCUT2D eigenvalue weighted by atomic mass is 16.5. The molecule has 0 aromatic rings. The molecule has 0 aromatic heterocycles. The van der Waals surface area contributed by atoms with Crippen molar-refractivity contribution < 1.29 is 28.6 Å². The molecule has 0 rings (SSSR count). The fraction of sp³-hybridized carbons (Fsp3) is 0.850. The van der Waals surface area contributed by atoms with Crippen LogP contribution in [-0.4, -0.2) is 113 Å². The van der Waals surface area contributed by atoms with Crippen molar-refractivity contribution in [1.82, 2.24) is 14.7 Å². The molecule has 0 amide bonds. The van der Waals surface area contributed by atoms with E-state index in [-0.39, 0.29) is 30.7 Å². The van der Waals surface area contributed by atoms with Crippen molar-refractivity contribution in [2.24, 2.45) is 0 Å². The molecule has 0 unspecified atom stereocenters. The number of carbonyl (C=O) groups excluding carboxylic acids is 3. The van der Waals surface area contributed by atoms with Gasteiger partial charge in [0.2, 0.25) is 0 Å². The predicted molar refractivity (Wildman–Crippen MR) is 111 cm³/mol. The summed E-state index contributed by atoms with van der Waals surface area (Å²) in [6, 6.07) is 0. The molecule has 0 heterocycles. The summed E-state index contributed by atoms with van der Waals surface area (Å²) >= 11 is 0. The van der Waals surface area contributed by atoms with E-state index in [1.165, 1.54) is 21.3 Å². The van der Waals surface area contributed by atoms with E-state index in [0.717, 1.165) is 32.7 Å². The summed E-state index contributed by atoms with van der Waals surface area (Å²) in [6.45, 7) is 11.0.